The average Bonchev–Trinajstić information content (AvgIpc) is 3.13. The van der Waals surface area contributed by atoms with E-state index in [1.807, 2.05) is 32.0 Å². The van der Waals surface area contributed by atoms with Gasteiger partial charge in [0.15, 0.2) is 11.5 Å². The lowest BCUT2D eigenvalue weighted by Crippen LogP contribution is -2.32. The Balaban J connectivity index is 1.63. The quantitative estimate of drug-likeness (QED) is 0.830. The van der Waals surface area contributed by atoms with Crippen LogP contribution in [0.25, 0.3) is 0 Å². The highest BCUT2D eigenvalue weighted by Gasteiger charge is 2.15. The number of nitrogens with zero attached hydrogens (tertiary/aromatic N) is 1. The van der Waals surface area contributed by atoms with Gasteiger partial charge in [-0.15, -0.1) is 0 Å². The molecule has 2 heterocycles. The molecular weight excluding hydrogens is 334 g/mol. The minimum absolute atomic E-state index is 0.0611. The van der Waals surface area contributed by atoms with Gasteiger partial charge in [-0.25, -0.2) is 0 Å². The number of nitrogens with one attached hydrogen (secondary N) is 2. The second kappa shape index (κ2) is 7.86. The number of carbonyl (C=O) groups is 2. The van der Waals surface area contributed by atoms with Crippen LogP contribution in [0.3, 0.4) is 0 Å². The number of hydrogen-bond acceptors (Lipinski definition) is 5. The fourth-order valence-corrected chi connectivity index (χ4v) is 2.43. The Labute approximate surface area is 151 Å². The molecule has 0 radical (unpaired) electrons. The molecule has 1 aromatic heterocycles. The summed E-state index contributed by atoms with van der Waals surface area (Å²) in [6.45, 7) is 4.46. The molecule has 2 N–H and O–H groups in total. The van der Waals surface area contributed by atoms with Crippen molar-refractivity contribution >= 4 is 11.8 Å². The van der Waals surface area contributed by atoms with Gasteiger partial charge in [0.25, 0.3) is 11.8 Å². The molecule has 26 heavy (non-hydrogen) atoms. The van der Waals surface area contributed by atoms with Crippen LogP contribution in [0, 0.1) is 0 Å². The van der Waals surface area contributed by atoms with Crippen molar-refractivity contribution in [3.63, 3.8) is 0 Å². The summed E-state index contributed by atoms with van der Waals surface area (Å²) in [6, 6.07) is 7.11. The third-order valence-electron chi connectivity index (χ3n) is 4.14. The predicted molar refractivity (Wildman–Crippen MR) is 95.2 cm³/mol. The van der Waals surface area contributed by atoms with Gasteiger partial charge >= 0.3 is 0 Å². The summed E-state index contributed by atoms with van der Waals surface area (Å²) in [5, 5.41) is 5.67. The summed E-state index contributed by atoms with van der Waals surface area (Å²) in [5.74, 6) is 0.831. The maximum absolute atomic E-state index is 12.4. The van der Waals surface area contributed by atoms with Gasteiger partial charge in [0.05, 0.1) is 11.1 Å². The third kappa shape index (κ3) is 4.11. The molecule has 1 unspecified atom stereocenters. The van der Waals surface area contributed by atoms with Crippen molar-refractivity contribution in [3.05, 3.63) is 53.3 Å². The number of carbonyl (C=O) groups excluding carboxylic acids is 2. The zero-order valence-corrected chi connectivity index (χ0v) is 14.7. The summed E-state index contributed by atoms with van der Waals surface area (Å²) in [7, 11) is 0. The first kappa shape index (κ1) is 17.7. The zero-order valence-electron chi connectivity index (χ0n) is 14.7. The molecule has 7 nitrogen and oxygen atoms in total. The zero-order chi connectivity index (χ0) is 18.5. The van der Waals surface area contributed by atoms with Gasteiger partial charge < -0.3 is 20.1 Å². The number of pyridine rings is 1. The molecule has 7 heteroatoms. The highest BCUT2D eigenvalue weighted by molar-refractivity contribution is 5.99. The Morgan fingerprint density at radius 2 is 1.85 bits per heavy atom. The highest BCUT2D eigenvalue weighted by atomic mass is 16.7. The fourth-order valence-electron chi connectivity index (χ4n) is 2.43. The van der Waals surface area contributed by atoms with Gasteiger partial charge in [-0.1, -0.05) is 13.0 Å². The normalized spacial score (nSPS) is 13.2. The number of hydrogen-bond donors (Lipinski definition) is 2. The Hall–Kier alpha value is -3.09. The second-order valence-electron chi connectivity index (χ2n) is 6.12. The molecular formula is C19H21N3O4. The van der Waals surface area contributed by atoms with Gasteiger partial charge in [0, 0.05) is 25.0 Å². The number of amides is 2. The van der Waals surface area contributed by atoms with E-state index in [2.05, 4.69) is 15.6 Å². The van der Waals surface area contributed by atoms with E-state index < -0.39 is 0 Å². The molecule has 1 aromatic carbocycles. The molecule has 1 aliphatic rings. The van der Waals surface area contributed by atoms with Crippen LogP contribution in [0.2, 0.25) is 0 Å². The van der Waals surface area contributed by atoms with Crippen LogP contribution < -0.4 is 20.1 Å². The minimum atomic E-state index is -0.298. The molecule has 0 aliphatic carbocycles. The van der Waals surface area contributed by atoms with Crippen molar-refractivity contribution in [1.82, 2.24) is 15.6 Å². The smallest absolute Gasteiger partial charge is 0.253 e. The van der Waals surface area contributed by atoms with Crippen molar-refractivity contribution in [2.24, 2.45) is 0 Å². The predicted octanol–water partition coefficient (Wildman–Crippen LogP) is 2.27. The standard InChI is InChI=1S/C19H21N3O4/c1-3-12(2)22-19(24)15-7-14(9-20-10-15)18(23)21-8-13-4-5-16-17(6-13)26-11-25-16/h4-7,9-10,12H,3,8,11H2,1-2H3,(H,21,23)(H,22,24). The second-order valence-corrected chi connectivity index (χ2v) is 6.12. The van der Waals surface area contributed by atoms with Crippen LogP contribution in [0.1, 0.15) is 46.5 Å². The molecule has 0 bridgehead atoms. The van der Waals surface area contributed by atoms with Crippen LogP contribution in [-0.4, -0.2) is 29.6 Å². The monoisotopic (exact) mass is 355 g/mol. The Morgan fingerprint density at radius 1 is 1.12 bits per heavy atom. The summed E-state index contributed by atoms with van der Waals surface area (Å²) >= 11 is 0. The van der Waals surface area contributed by atoms with E-state index in [1.54, 1.807) is 6.07 Å². The molecule has 2 aromatic rings. The van der Waals surface area contributed by atoms with E-state index in [0.29, 0.717) is 29.2 Å². The van der Waals surface area contributed by atoms with Gasteiger partial charge in [-0.2, -0.15) is 0 Å². The topological polar surface area (TPSA) is 89.6 Å². The number of benzene rings is 1. The number of aromatic nitrogens is 1. The largest absolute Gasteiger partial charge is 0.454 e. The van der Waals surface area contributed by atoms with E-state index in [1.165, 1.54) is 12.4 Å². The van der Waals surface area contributed by atoms with Crippen LogP contribution in [-0.2, 0) is 6.54 Å². The average molecular weight is 355 g/mol. The van der Waals surface area contributed by atoms with Crippen molar-refractivity contribution in [2.75, 3.05) is 6.79 Å². The maximum atomic E-state index is 12.4. The molecule has 0 spiro atoms. The minimum Gasteiger partial charge on any atom is -0.454 e. The number of ether oxygens (including phenoxy) is 2. The summed E-state index contributed by atoms with van der Waals surface area (Å²) in [5.41, 5.74) is 1.59. The van der Waals surface area contributed by atoms with Gasteiger partial charge in [0.1, 0.15) is 0 Å². The highest BCUT2D eigenvalue weighted by Crippen LogP contribution is 2.32. The van der Waals surface area contributed by atoms with Crippen LogP contribution in [0.4, 0.5) is 0 Å². The van der Waals surface area contributed by atoms with Gasteiger partial charge in [-0.05, 0) is 37.1 Å². The van der Waals surface area contributed by atoms with Gasteiger partial charge in [0.2, 0.25) is 6.79 Å². The molecule has 0 saturated heterocycles. The van der Waals surface area contributed by atoms with Crippen molar-refractivity contribution in [2.45, 2.75) is 32.9 Å². The van der Waals surface area contributed by atoms with Crippen molar-refractivity contribution in [3.8, 4) is 11.5 Å². The van der Waals surface area contributed by atoms with E-state index in [0.717, 1.165) is 12.0 Å². The first-order valence-corrected chi connectivity index (χ1v) is 8.49. The molecule has 1 atom stereocenters. The van der Waals surface area contributed by atoms with Crippen LogP contribution in [0.15, 0.2) is 36.7 Å². The van der Waals surface area contributed by atoms with Crippen LogP contribution in [0.5, 0.6) is 11.5 Å². The first-order chi connectivity index (χ1) is 12.6. The van der Waals surface area contributed by atoms with Crippen molar-refractivity contribution in [1.29, 1.82) is 0 Å². The summed E-state index contributed by atoms with van der Waals surface area (Å²) in [4.78, 5) is 28.5. The van der Waals surface area contributed by atoms with Crippen LogP contribution >= 0.6 is 0 Å². The number of fused-ring (bicyclic) bond motifs is 1. The molecule has 136 valence electrons. The fraction of sp³-hybridized carbons (Fsp3) is 0.316. The lowest BCUT2D eigenvalue weighted by Gasteiger charge is -2.11. The lowest BCUT2D eigenvalue weighted by atomic mass is 10.1. The summed E-state index contributed by atoms with van der Waals surface area (Å²) < 4.78 is 10.6. The molecule has 0 fully saturated rings. The Morgan fingerprint density at radius 3 is 2.62 bits per heavy atom. The van der Waals surface area contributed by atoms with E-state index in [-0.39, 0.29) is 24.6 Å². The van der Waals surface area contributed by atoms with E-state index in [4.69, 9.17) is 9.47 Å². The van der Waals surface area contributed by atoms with E-state index >= 15 is 0 Å². The Bertz CT molecular complexity index is 822. The first-order valence-electron chi connectivity index (χ1n) is 8.49. The molecule has 3 rings (SSSR count). The summed E-state index contributed by atoms with van der Waals surface area (Å²) in [6.07, 6.45) is 3.72. The molecule has 2 amide bonds. The SMILES string of the molecule is CCC(C)NC(=O)c1cncc(C(=O)NCc2ccc3c(c2)OCO3)c1. The lowest BCUT2D eigenvalue weighted by molar-refractivity contribution is 0.0939. The molecule has 1 aliphatic heterocycles. The Kier molecular flexibility index (Phi) is 5.36. The molecule has 0 saturated carbocycles. The van der Waals surface area contributed by atoms with Gasteiger partial charge in [-0.3, -0.25) is 14.6 Å². The van der Waals surface area contributed by atoms with E-state index in [9.17, 15) is 9.59 Å². The maximum Gasteiger partial charge on any atom is 0.253 e. The van der Waals surface area contributed by atoms with Crippen molar-refractivity contribution < 1.29 is 19.1 Å². The number of rotatable bonds is 6. The third-order valence-corrected chi connectivity index (χ3v) is 4.14.